The first kappa shape index (κ1) is 18.4. The Bertz CT molecular complexity index is 450. The van der Waals surface area contributed by atoms with Crippen LogP contribution in [0.2, 0.25) is 0 Å². The third-order valence-electron chi connectivity index (χ3n) is 2.48. The van der Waals surface area contributed by atoms with Crippen molar-refractivity contribution in [3.05, 3.63) is 29.8 Å². The monoisotopic (exact) mass is 300 g/mol. The quantitative estimate of drug-likeness (QED) is 0.790. The van der Waals surface area contributed by atoms with E-state index >= 15 is 0 Å². The highest BCUT2D eigenvalue weighted by Crippen LogP contribution is 2.12. The van der Waals surface area contributed by atoms with E-state index < -0.39 is 5.97 Å². The predicted octanol–water partition coefficient (Wildman–Crippen LogP) is 2.35. The molecule has 1 rings (SSSR count). The van der Waals surface area contributed by atoms with Crippen molar-refractivity contribution in [1.82, 2.24) is 0 Å². The summed E-state index contributed by atoms with van der Waals surface area (Å²) < 4.78 is 4.90. The molecule has 112 valence electrons. The zero-order valence-electron chi connectivity index (χ0n) is 11.7. The molecule has 3 N–H and O–H groups in total. The van der Waals surface area contributed by atoms with E-state index in [9.17, 15) is 9.59 Å². The number of hydrogen-bond acceptors (Lipinski definition) is 4. The molecule has 20 heavy (non-hydrogen) atoms. The molecule has 1 aromatic rings. The summed E-state index contributed by atoms with van der Waals surface area (Å²) >= 11 is 0. The van der Waals surface area contributed by atoms with Crippen molar-refractivity contribution in [3.8, 4) is 0 Å². The number of carbonyl (C=O) groups excluding carboxylic acids is 2. The number of esters is 1. The third kappa shape index (κ3) is 6.54. The Morgan fingerprint density at radius 1 is 1.40 bits per heavy atom. The Hall–Kier alpha value is -1.59. The number of rotatable bonds is 6. The number of hydrogen-bond donors (Lipinski definition) is 2. The van der Waals surface area contributed by atoms with Gasteiger partial charge in [-0.25, -0.2) is 4.79 Å². The lowest BCUT2D eigenvalue weighted by atomic mass is 10.1. The molecule has 0 bridgehead atoms. The number of amides is 1. The van der Waals surface area contributed by atoms with Gasteiger partial charge in [0.2, 0.25) is 5.91 Å². The van der Waals surface area contributed by atoms with Crippen LogP contribution in [-0.2, 0) is 9.53 Å². The highest BCUT2D eigenvalue weighted by Gasteiger charge is 2.08. The van der Waals surface area contributed by atoms with Gasteiger partial charge in [-0.3, -0.25) is 4.79 Å². The zero-order chi connectivity index (χ0) is 14.3. The number of anilines is 1. The van der Waals surface area contributed by atoms with Crippen molar-refractivity contribution in [2.45, 2.75) is 32.7 Å². The van der Waals surface area contributed by atoms with Gasteiger partial charge in [-0.2, -0.15) is 0 Å². The second-order valence-electron chi connectivity index (χ2n) is 4.37. The zero-order valence-corrected chi connectivity index (χ0v) is 12.5. The van der Waals surface area contributed by atoms with Crippen LogP contribution in [0.15, 0.2) is 24.3 Å². The Balaban J connectivity index is 0.00000361. The van der Waals surface area contributed by atoms with Gasteiger partial charge in [0, 0.05) is 18.2 Å². The largest absolute Gasteiger partial charge is 0.462 e. The number of ether oxygens (including phenoxy) is 1. The molecule has 0 aliphatic heterocycles. The smallest absolute Gasteiger partial charge is 0.338 e. The van der Waals surface area contributed by atoms with E-state index in [4.69, 9.17) is 10.5 Å². The van der Waals surface area contributed by atoms with Crippen molar-refractivity contribution in [1.29, 1.82) is 0 Å². The SMILES string of the molecule is CCOC(=O)c1cccc(NC(=O)CCC(C)N)c1.Cl. The molecule has 0 aliphatic rings. The average Bonchev–Trinajstić information content (AvgIpc) is 2.37. The predicted molar refractivity (Wildman–Crippen MR) is 81.2 cm³/mol. The van der Waals surface area contributed by atoms with Crippen LogP contribution in [0.4, 0.5) is 5.69 Å². The van der Waals surface area contributed by atoms with Gasteiger partial charge in [0.05, 0.1) is 12.2 Å². The molecule has 0 spiro atoms. The Morgan fingerprint density at radius 2 is 2.10 bits per heavy atom. The Labute approximate surface area is 125 Å². The van der Waals surface area contributed by atoms with E-state index in [0.29, 0.717) is 30.7 Å². The molecule has 0 aromatic heterocycles. The molecule has 1 amide bonds. The van der Waals surface area contributed by atoms with Crippen molar-refractivity contribution in [2.24, 2.45) is 5.73 Å². The van der Waals surface area contributed by atoms with Crippen molar-refractivity contribution < 1.29 is 14.3 Å². The van der Waals surface area contributed by atoms with Crippen molar-refractivity contribution >= 4 is 30.0 Å². The lowest BCUT2D eigenvalue weighted by Gasteiger charge is -2.08. The van der Waals surface area contributed by atoms with E-state index in [1.54, 1.807) is 31.2 Å². The van der Waals surface area contributed by atoms with Crippen LogP contribution in [0.25, 0.3) is 0 Å². The second kappa shape index (κ2) is 9.34. The minimum absolute atomic E-state index is 0. The molecule has 0 heterocycles. The summed E-state index contributed by atoms with van der Waals surface area (Å²) in [6.45, 7) is 3.93. The van der Waals surface area contributed by atoms with Gasteiger partial charge in [-0.1, -0.05) is 6.07 Å². The fraction of sp³-hybridized carbons (Fsp3) is 0.429. The van der Waals surface area contributed by atoms with E-state index in [1.807, 2.05) is 6.92 Å². The summed E-state index contributed by atoms with van der Waals surface area (Å²) in [6.07, 6.45) is 0.991. The van der Waals surface area contributed by atoms with Crippen molar-refractivity contribution in [3.63, 3.8) is 0 Å². The molecule has 5 nitrogen and oxygen atoms in total. The van der Waals surface area contributed by atoms with Gasteiger partial charge in [0.25, 0.3) is 0 Å². The summed E-state index contributed by atoms with van der Waals surface area (Å²) in [5.41, 5.74) is 6.60. The fourth-order valence-corrected chi connectivity index (χ4v) is 1.52. The van der Waals surface area contributed by atoms with E-state index in [0.717, 1.165) is 0 Å². The van der Waals surface area contributed by atoms with Crippen LogP contribution in [0.3, 0.4) is 0 Å². The molecule has 1 unspecified atom stereocenters. The van der Waals surface area contributed by atoms with Crippen LogP contribution in [0.5, 0.6) is 0 Å². The number of benzene rings is 1. The normalized spacial score (nSPS) is 11.2. The first-order valence-corrected chi connectivity index (χ1v) is 6.35. The van der Waals surface area contributed by atoms with Crippen LogP contribution >= 0.6 is 12.4 Å². The summed E-state index contributed by atoms with van der Waals surface area (Å²) in [7, 11) is 0. The highest BCUT2D eigenvalue weighted by molar-refractivity contribution is 5.94. The van der Waals surface area contributed by atoms with E-state index in [-0.39, 0.29) is 24.4 Å². The standard InChI is InChI=1S/C14H20N2O3.ClH/c1-3-19-14(18)11-5-4-6-12(9-11)16-13(17)8-7-10(2)15;/h4-6,9-10H,3,7-8,15H2,1-2H3,(H,16,17);1H. The number of nitrogens with one attached hydrogen (secondary N) is 1. The molecular formula is C14H21ClN2O3. The first-order valence-electron chi connectivity index (χ1n) is 6.35. The first-order chi connectivity index (χ1) is 9.02. The molecule has 0 saturated carbocycles. The molecule has 6 heteroatoms. The maximum Gasteiger partial charge on any atom is 0.338 e. The number of carbonyl (C=O) groups is 2. The van der Waals surface area contributed by atoms with Crippen LogP contribution < -0.4 is 11.1 Å². The van der Waals surface area contributed by atoms with Gasteiger partial charge in [-0.05, 0) is 38.5 Å². The van der Waals surface area contributed by atoms with Crippen LogP contribution in [-0.4, -0.2) is 24.5 Å². The highest BCUT2D eigenvalue weighted by atomic mass is 35.5. The number of halogens is 1. The minimum atomic E-state index is -0.394. The molecule has 0 aliphatic carbocycles. The van der Waals surface area contributed by atoms with Gasteiger partial charge in [0.15, 0.2) is 0 Å². The average molecular weight is 301 g/mol. The Morgan fingerprint density at radius 3 is 2.70 bits per heavy atom. The maximum absolute atomic E-state index is 11.6. The van der Waals surface area contributed by atoms with Gasteiger partial charge in [-0.15, -0.1) is 12.4 Å². The summed E-state index contributed by atoms with van der Waals surface area (Å²) in [5.74, 6) is -0.507. The summed E-state index contributed by atoms with van der Waals surface area (Å²) in [5, 5.41) is 2.73. The molecular weight excluding hydrogens is 280 g/mol. The third-order valence-corrected chi connectivity index (χ3v) is 2.48. The second-order valence-corrected chi connectivity index (χ2v) is 4.37. The van der Waals surface area contributed by atoms with E-state index in [2.05, 4.69) is 5.32 Å². The molecule has 0 fully saturated rings. The number of nitrogens with two attached hydrogens (primary N) is 1. The summed E-state index contributed by atoms with van der Waals surface area (Å²) in [6, 6.07) is 6.67. The maximum atomic E-state index is 11.6. The van der Waals surface area contributed by atoms with Gasteiger partial charge < -0.3 is 15.8 Å². The van der Waals surface area contributed by atoms with Gasteiger partial charge in [0.1, 0.15) is 0 Å². The summed E-state index contributed by atoms with van der Waals surface area (Å²) in [4.78, 5) is 23.2. The van der Waals surface area contributed by atoms with Crippen molar-refractivity contribution in [2.75, 3.05) is 11.9 Å². The molecule has 1 atom stereocenters. The topological polar surface area (TPSA) is 81.4 Å². The van der Waals surface area contributed by atoms with Crippen LogP contribution in [0, 0.1) is 0 Å². The lowest BCUT2D eigenvalue weighted by molar-refractivity contribution is -0.116. The fourth-order valence-electron chi connectivity index (χ4n) is 1.52. The lowest BCUT2D eigenvalue weighted by Crippen LogP contribution is -2.19. The minimum Gasteiger partial charge on any atom is -0.462 e. The molecule has 0 saturated heterocycles. The molecule has 0 radical (unpaired) electrons. The molecule has 1 aromatic carbocycles. The van der Waals surface area contributed by atoms with Crippen LogP contribution in [0.1, 0.15) is 37.0 Å². The van der Waals surface area contributed by atoms with Gasteiger partial charge >= 0.3 is 5.97 Å². The van der Waals surface area contributed by atoms with E-state index in [1.165, 1.54) is 0 Å². The Kier molecular flexibility index (Phi) is 8.59.